The molecule has 0 amide bonds. The molecule has 328 valence electrons. The maximum atomic E-state index is 8.49. The third-order valence-electron chi connectivity index (χ3n) is 6.95. The topological polar surface area (TPSA) is 461 Å². The van der Waals surface area contributed by atoms with Crippen molar-refractivity contribution in [2.75, 3.05) is 0 Å². The van der Waals surface area contributed by atoms with Gasteiger partial charge >= 0.3 is 0 Å². The van der Waals surface area contributed by atoms with Gasteiger partial charge in [-0.05, 0) is 60.7 Å². The average Bonchev–Trinajstić information content (AvgIpc) is 3.82. The first-order chi connectivity index (χ1) is 28.8. The molecule has 8 heterocycles. The number of halogens is 4. The second-order valence-electron chi connectivity index (χ2n) is 11.1. The van der Waals surface area contributed by atoms with Crippen LogP contribution in [0.1, 0.15) is 0 Å². The number of hydrogen-bond donors (Lipinski definition) is 0. The van der Waals surface area contributed by atoms with E-state index >= 15 is 0 Å². The zero-order chi connectivity index (χ0) is 46.1. The molecule has 8 aromatic rings. The normalized spacial score (nSPS) is 11.2. The van der Waals surface area contributed by atoms with Crippen LogP contribution in [0.2, 0.25) is 0 Å². The standard InChI is InChI=1S/2C17H12N4.4ClHO4/c2*1-2-10-18-14(6-1)15-7-3-8-16(20-15)21-12-9-13-5-4-11-19-17(13)21;4*2-1(3,4)5/h2*1-12H;4*(H,2,3,4,5). The van der Waals surface area contributed by atoms with Crippen molar-refractivity contribution in [2.45, 2.75) is 0 Å². The van der Waals surface area contributed by atoms with E-state index in [0.29, 0.717) is 0 Å². The van der Waals surface area contributed by atoms with Gasteiger partial charge in [-0.15, -0.1) is 41.0 Å². The summed E-state index contributed by atoms with van der Waals surface area (Å²) in [6, 6.07) is 36.3. The molecule has 0 saturated heterocycles. The molecule has 0 aliphatic rings. The van der Waals surface area contributed by atoms with Gasteiger partial charge in [-0.2, -0.15) is 9.13 Å². The molecule has 8 rings (SSSR count). The van der Waals surface area contributed by atoms with Gasteiger partial charge in [0.15, 0.2) is 12.4 Å². The molecule has 4 N–H and O–H groups in total. The highest BCUT2D eigenvalue weighted by atomic mass is 35.7. The van der Waals surface area contributed by atoms with Gasteiger partial charge in [0, 0.05) is 36.4 Å². The van der Waals surface area contributed by atoms with E-state index in [9.17, 15) is 0 Å². The van der Waals surface area contributed by atoms with Crippen molar-refractivity contribution in [3.05, 3.63) is 146 Å². The van der Waals surface area contributed by atoms with Crippen LogP contribution < -0.4 is 94.5 Å². The molecule has 0 aromatic carbocycles. The predicted octanol–water partition coefficient (Wildman–Crippen LogP) is -14.4. The van der Waals surface area contributed by atoms with Crippen molar-refractivity contribution in [1.82, 2.24) is 19.1 Å². The molecule has 0 bridgehead atoms. The second kappa shape index (κ2) is 23.1. The Hall–Kier alpha value is -5.50. The number of aromatic nitrogens is 8. The second-order valence-corrected chi connectivity index (χ2v) is 14.2. The summed E-state index contributed by atoms with van der Waals surface area (Å²) in [4.78, 5) is 22.5. The molecule has 0 saturated carbocycles. The summed E-state index contributed by atoms with van der Waals surface area (Å²) in [7, 11) is -19.8. The van der Waals surface area contributed by atoms with Crippen LogP contribution in [0.25, 0.3) is 56.5 Å². The number of rotatable bonds is 4. The summed E-state index contributed by atoms with van der Waals surface area (Å²) in [6.45, 7) is 0. The van der Waals surface area contributed by atoms with E-state index in [2.05, 4.69) is 53.3 Å². The van der Waals surface area contributed by atoms with E-state index in [0.717, 1.165) is 56.5 Å². The number of nitrogens with one attached hydrogen (secondary N) is 4. The molecular formula is C34H28Cl4N8O16. The first-order valence-corrected chi connectivity index (χ1v) is 21.1. The molecule has 0 aliphatic heterocycles. The molecule has 8 aromatic heterocycles. The van der Waals surface area contributed by atoms with Gasteiger partial charge in [0.2, 0.25) is 23.0 Å². The fourth-order valence-electron chi connectivity index (χ4n) is 4.93. The molecule has 24 nitrogen and oxygen atoms in total. The summed E-state index contributed by atoms with van der Waals surface area (Å²) in [5, 5.41) is 2.33. The SMILES string of the molecule is [O-][Cl+3]([O-])([O-])[O-].[O-][Cl+3]([O-])([O-])[O-].[O-][Cl+3]([O-])([O-])[O-].[O-][Cl+3]([O-])([O-])[O-].c1ccc(-c2cccc(-n3ccc4ccc[nH+]c43)n2)[nH+]c1.c1ccc(-c2cccc(-n3ccc4ccc[nH+]c43)n2)[nH+]c1. The Labute approximate surface area is 356 Å². The highest BCUT2D eigenvalue weighted by Crippen LogP contribution is 2.19. The van der Waals surface area contributed by atoms with E-state index in [-0.39, 0.29) is 0 Å². The van der Waals surface area contributed by atoms with Gasteiger partial charge in [0.25, 0.3) is 11.3 Å². The first-order valence-electron chi connectivity index (χ1n) is 16.1. The zero-order valence-corrected chi connectivity index (χ0v) is 33.7. The number of nitrogens with zero attached hydrogens (tertiary/aromatic N) is 4. The fraction of sp³-hybridized carbons (Fsp3) is 0. The minimum atomic E-state index is -4.94. The van der Waals surface area contributed by atoms with Crippen molar-refractivity contribution in [3.8, 4) is 34.4 Å². The first kappa shape index (κ1) is 50.9. The third-order valence-corrected chi connectivity index (χ3v) is 6.95. The lowest BCUT2D eigenvalue weighted by Gasteiger charge is -2.17. The minimum absolute atomic E-state index is 0.891. The maximum absolute atomic E-state index is 8.49. The average molecular weight is 946 g/mol. The molecular weight excluding hydrogens is 918 g/mol. The van der Waals surface area contributed by atoms with Crippen LogP contribution in [0.5, 0.6) is 0 Å². The van der Waals surface area contributed by atoms with E-state index in [1.54, 1.807) is 0 Å². The summed E-state index contributed by atoms with van der Waals surface area (Å²) >= 11 is 0. The molecule has 0 atom stereocenters. The van der Waals surface area contributed by atoms with Gasteiger partial charge < -0.3 is 0 Å². The quantitative estimate of drug-likeness (QED) is 0.158. The Kier molecular flexibility index (Phi) is 18.9. The maximum Gasteiger partial charge on any atom is 0.292 e. The smallest absolute Gasteiger partial charge is 0.246 e. The molecule has 0 spiro atoms. The number of hydrogen-bond acceptors (Lipinski definition) is 18. The van der Waals surface area contributed by atoms with Crippen LogP contribution >= 0.6 is 0 Å². The largest absolute Gasteiger partial charge is 0.292 e. The summed E-state index contributed by atoms with van der Waals surface area (Å²) in [6.07, 6.45) is 11.7. The lowest BCUT2D eigenvalue weighted by Crippen LogP contribution is -2.68. The highest BCUT2D eigenvalue weighted by Gasteiger charge is 2.16. The van der Waals surface area contributed by atoms with Crippen molar-refractivity contribution in [3.63, 3.8) is 0 Å². The Morgan fingerprint density at radius 3 is 0.968 bits per heavy atom. The van der Waals surface area contributed by atoms with Crippen molar-refractivity contribution in [1.29, 1.82) is 0 Å². The van der Waals surface area contributed by atoms with Gasteiger partial charge in [0.1, 0.15) is 11.4 Å². The summed E-state index contributed by atoms with van der Waals surface area (Å²) in [5.74, 6) is 1.78. The molecule has 62 heavy (non-hydrogen) atoms. The lowest BCUT2D eigenvalue weighted by atomic mass is 10.2. The number of H-pyrrole nitrogens is 4. The summed E-state index contributed by atoms with van der Waals surface area (Å²) < 4.78 is 140. The van der Waals surface area contributed by atoms with Gasteiger partial charge in [-0.3, -0.25) is 0 Å². The zero-order valence-electron chi connectivity index (χ0n) is 30.7. The Morgan fingerprint density at radius 1 is 0.339 bits per heavy atom. The third kappa shape index (κ3) is 20.8. The number of fused-ring (bicyclic) bond motifs is 2. The Balaban J connectivity index is 0.000000232. The van der Waals surface area contributed by atoms with Gasteiger partial charge in [0.05, 0.1) is 35.6 Å². The van der Waals surface area contributed by atoms with E-state index in [1.807, 2.05) is 122 Å². The Bertz CT molecular complexity index is 2330. The van der Waals surface area contributed by atoms with Crippen LogP contribution in [-0.2, 0) is 0 Å². The van der Waals surface area contributed by atoms with Crippen LogP contribution in [0, 0.1) is 41.0 Å². The van der Waals surface area contributed by atoms with Crippen molar-refractivity contribution in [2.24, 2.45) is 0 Å². The minimum Gasteiger partial charge on any atom is -0.246 e. The van der Waals surface area contributed by atoms with Crippen LogP contribution in [0.3, 0.4) is 0 Å². The van der Waals surface area contributed by atoms with Crippen LogP contribution in [-0.4, -0.2) is 19.1 Å². The number of aromatic amines is 4. The molecule has 0 fully saturated rings. The van der Waals surface area contributed by atoms with Crippen molar-refractivity contribution < 1.29 is 135 Å². The molecule has 0 unspecified atom stereocenters. The van der Waals surface area contributed by atoms with Gasteiger partial charge in [-0.25, -0.2) is 104 Å². The van der Waals surface area contributed by atoms with E-state index in [4.69, 9.17) is 84.5 Å². The summed E-state index contributed by atoms with van der Waals surface area (Å²) in [5.41, 5.74) is 5.93. The lowest BCUT2D eigenvalue weighted by molar-refractivity contribution is -2.00. The van der Waals surface area contributed by atoms with Gasteiger partial charge in [-0.1, -0.05) is 12.1 Å². The molecule has 28 heteroatoms. The predicted molar refractivity (Wildman–Crippen MR) is 159 cm³/mol. The van der Waals surface area contributed by atoms with Crippen LogP contribution in [0.15, 0.2) is 146 Å². The van der Waals surface area contributed by atoms with Crippen LogP contribution in [0.4, 0.5) is 0 Å². The molecule has 0 aliphatic carbocycles. The van der Waals surface area contributed by atoms with Crippen molar-refractivity contribution >= 4 is 22.1 Å². The fourth-order valence-corrected chi connectivity index (χ4v) is 4.93. The van der Waals surface area contributed by atoms with E-state index in [1.165, 1.54) is 0 Å². The highest BCUT2D eigenvalue weighted by molar-refractivity contribution is 5.75. The Morgan fingerprint density at radius 2 is 0.661 bits per heavy atom. The van der Waals surface area contributed by atoms with E-state index < -0.39 is 41.0 Å². The molecule has 0 radical (unpaired) electrons. The monoisotopic (exact) mass is 944 g/mol. The number of pyridine rings is 6.